The van der Waals surface area contributed by atoms with E-state index in [-0.39, 0.29) is 4.90 Å². The van der Waals surface area contributed by atoms with Crippen LogP contribution in [-0.2, 0) is 10.0 Å². The van der Waals surface area contributed by atoms with E-state index in [0.717, 1.165) is 10.8 Å². The number of hydrogen-bond donors (Lipinski definition) is 1. The van der Waals surface area contributed by atoms with Crippen LogP contribution >= 0.6 is 0 Å². The van der Waals surface area contributed by atoms with Crippen LogP contribution in [0.15, 0.2) is 52.5 Å². The van der Waals surface area contributed by atoms with E-state index in [1.54, 1.807) is 32.0 Å². The molecule has 2 aromatic rings. The van der Waals surface area contributed by atoms with Crippen molar-refractivity contribution in [2.75, 3.05) is 0 Å². The van der Waals surface area contributed by atoms with Gasteiger partial charge in [0, 0.05) is 5.71 Å². The summed E-state index contributed by atoms with van der Waals surface area (Å²) < 4.78 is 23.9. The molecule has 0 bridgehead atoms. The fourth-order valence-electron chi connectivity index (χ4n) is 1.54. The summed E-state index contributed by atoms with van der Waals surface area (Å²) in [5.41, 5.74) is 0.652. The van der Waals surface area contributed by atoms with Gasteiger partial charge in [0.25, 0.3) is 10.0 Å². The SMILES string of the molecule is CC(C)=NNS(=O)(=O)c1ccc2ccccc2c1. The van der Waals surface area contributed by atoms with Crippen LogP contribution < -0.4 is 4.83 Å². The molecule has 2 aromatic carbocycles. The van der Waals surface area contributed by atoms with E-state index >= 15 is 0 Å². The Morgan fingerprint density at radius 2 is 1.72 bits per heavy atom. The molecule has 0 unspecified atom stereocenters. The summed E-state index contributed by atoms with van der Waals surface area (Å²) in [6.45, 7) is 3.45. The summed E-state index contributed by atoms with van der Waals surface area (Å²) in [4.78, 5) is 2.41. The third-order valence-corrected chi connectivity index (χ3v) is 3.63. The van der Waals surface area contributed by atoms with Gasteiger partial charge < -0.3 is 0 Å². The van der Waals surface area contributed by atoms with Crippen molar-refractivity contribution in [1.29, 1.82) is 0 Å². The Hall–Kier alpha value is -1.88. The maximum atomic E-state index is 12.0. The minimum absolute atomic E-state index is 0.214. The van der Waals surface area contributed by atoms with Crippen LogP contribution in [0.2, 0.25) is 0 Å². The summed E-state index contributed by atoms with van der Waals surface area (Å²) in [5.74, 6) is 0. The average molecular weight is 262 g/mol. The van der Waals surface area contributed by atoms with Gasteiger partial charge in [-0.1, -0.05) is 30.3 Å². The highest BCUT2D eigenvalue weighted by Gasteiger charge is 2.12. The summed E-state index contributed by atoms with van der Waals surface area (Å²) in [7, 11) is -3.58. The lowest BCUT2D eigenvalue weighted by Crippen LogP contribution is -2.19. The van der Waals surface area contributed by atoms with Gasteiger partial charge in [-0.2, -0.15) is 13.5 Å². The molecule has 0 fully saturated rings. The second-order valence-electron chi connectivity index (χ2n) is 4.16. The fourth-order valence-corrected chi connectivity index (χ4v) is 2.48. The molecule has 0 saturated carbocycles. The van der Waals surface area contributed by atoms with Crippen molar-refractivity contribution in [2.45, 2.75) is 18.7 Å². The number of fused-ring (bicyclic) bond motifs is 1. The summed E-state index contributed by atoms with van der Waals surface area (Å²) in [5, 5.41) is 5.62. The Balaban J connectivity index is 2.45. The van der Waals surface area contributed by atoms with Crippen LogP contribution in [0, 0.1) is 0 Å². The lowest BCUT2D eigenvalue weighted by Gasteiger charge is -2.05. The van der Waals surface area contributed by atoms with Crippen LogP contribution in [-0.4, -0.2) is 14.1 Å². The lowest BCUT2D eigenvalue weighted by atomic mass is 10.1. The Bertz CT molecular complexity index is 702. The van der Waals surface area contributed by atoms with Gasteiger partial charge in [0.15, 0.2) is 0 Å². The summed E-state index contributed by atoms with van der Waals surface area (Å²) in [6.07, 6.45) is 0. The quantitative estimate of drug-likeness (QED) is 0.682. The van der Waals surface area contributed by atoms with E-state index < -0.39 is 10.0 Å². The maximum absolute atomic E-state index is 12.0. The fraction of sp³-hybridized carbons (Fsp3) is 0.154. The first kappa shape index (κ1) is 12.6. The van der Waals surface area contributed by atoms with E-state index in [1.807, 2.05) is 24.3 Å². The monoisotopic (exact) mass is 262 g/mol. The normalized spacial score (nSPS) is 11.2. The van der Waals surface area contributed by atoms with Gasteiger partial charge in [-0.05, 0) is 36.8 Å². The largest absolute Gasteiger partial charge is 0.276 e. The van der Waals surface area contributed by atoms with E-state index in [0.29, 0.717) is 5.71 Å². The molecule has 0 heterocycles. The molecule has 1 N–H and O–H groups in total. The molecule has 18 heavy (non-hydrogen) atoms. The van der Waals surface area contributed by atoms with Gasteiger partial charge in [0.05, 0.1) is 4.90 Å². The van der Waals surface area contributed by atoms with Gasteiger partial charge >= 0.3 is 0 Å². The van der Waals surface area contributed by atoms with Gasteiger partial charge in [-0.25, -0.2) is 4.83 Å². The van der Waals surface area contributed by atoms with Crippen LogP contribution in [0.3, 0.4) is 0 Å². The predicted octanol–water partition coefficient (Wildman–Crippen LogP) is 2.51. The summed E-state index contributed by atoms with van der Waals surface area (Å²) >= 11 is 0. The summed E-state index contributed by atoms with van der Waals surface area (Å²) in [6, 6.07) is 12.6. The second-order valence-corrected chi connectivity index (χ2v) is 5.82. The van der Waals surface area contributed by atoms with Crippen molar-refractivity contribution in [1.82, 2.24) is 4.83 Å². The highest BCUT2D eigenvalue weighted by molar-refractivity contribution is 7.89. The van der Waals surface area contributed by atoms with Gasteiger partial charge in [-0.15, -0.1) is 0 Å². The van der Waals surface area contributed by atoms with Crippen LogP contribution in [0.25, 0.3) is 10.8 Å². The van der Waals surface area contributed by atoms with E-state index in [4.69, 9.17) is 0 Å². The Labute approximate surface area is 106 Å². The zero-order valence-corrected chi connectivity index (χ0v) is 11.0. The first-order valence-corrected chi connectivity index (χ1v) is 6.99. The third-order valence-electron chi connectivity index (χ3n) is 2.42. The molecule has 94 valence electrons. The maximum Gasteiger partial charge on any atom is 0.276 e. The third kappa shape index (κ3) is 2.68. The molecule has 0 spiro atoms. The van der Waals surface area contributed by atoms with Crippen LogP contribution in [0.4, 0.5) is 0 Å². The smallest absolute Gasteiger partial charge is 0.200 e. The molecule has 0 atom stereocenters. The van der Waals surface area contributed by atoms with Crippen molar-refractivity contribution in [3.63, 3.8) is 0 Å². The van der Waals surface area contributed by atoms with Crippen molar-refractivity contribution in [3.8, 4) is 0 Å². The molecule has 4 nitrogen and oxygen atoms in total. The zero-order chi connectivity index (χ0) is 13.2. The van der Waals surface area contributed by atoms with Gasteiger partial charge in [0.1, 0.15) is 0 Å². The molecule has 0 aromatic heterocycles. The van der Waals surface area contributed by atoms with Crippen molar-refractivity contribution < 1.29 is 8.42 Å². The average Bonchev–Trinajstić information content (AvgIpc) is 2.36. The molecule has 0 aliphatic rings. The number of nitrogens with one attached hydrogen (secondary N) is 1. The van der Waals surface area contributed by atoms with E-state index in [9.17, 15) is 8.42 Å². The highest BCUT2D eigenvalue weighted by Crippen LogP contribution is 2.18. The van der Waals surface area contributed by atoms with Crippen molar-refractivity contribution >= 4 is 26.5 Å². The molecular weight excluding hydrogens is 248 g/mol. The second kappa shape index (κ2) is 4.78. The molecule has 5 heteroatoms. The Kier molecular flexibility index (Phi) is 3.34. The molecule has 0 aliphatic carbocycles. The van der Waals surface area contributed by atoms with Gasteiger partial charge in [0.2, 0.25) is 0 Å². The standard InChI is InChI=1S/C13H14N2O2S/c1-10(2)14-15-18(16,17)13-8-7-11-5-3-4-6-12(11)9-13/h3-9,15H,1-2H3. The predicted molar refractivity (Wildman–Crippen MR) is 73.1 cm³/mol. The Morgan fingerprint density at radius 1 is 1.06 bits per heavy atom. The minimum atomic E-state index is -3.58. The van der Waals surface area contributed by atoms with E-state index in [1.165, 1.54) is 0 Å². The molecule has 2 rings (SSSR count). The van der Waals surface area contributed by atoms with Crippen LogP contribution in [0.1, 0.15) is 13.8 Å². The Morgan fingerprint density at radius 3 is 2.39 bits per heavy atom. The molecule has 0 amide bonds. The van der Waals surface area contributed by atoms with E-state index in [2.05, 4.69) is 9.93 Å². The molecular formula is C13H14N2O2S. The number of benzene rings is 2. The number of hydrogen-bond acceptors (Lipinski definition) is 3. The number of rotatable bonds is 3. The minimum Gasteiger partial charge on any atom is -0.200 e. The topological polar surface area (TPSA) is 58.5 Å². The molecule has 0 saturated heterocycles. The highest BCUT2D eigenvalue weighted by atomic mass is 32.2. The lowest BCUT2D eigenvalue weighted by molar-refractivity contribution is 0.584. The number of sulfonamides is 1. The molecule has 0 aliphatic heterocycles. The first-order valence-electron chi connectivity index (χ1n) is 5.50. The zero-order valence-electron chi connectivity index (χ0n) is 10.2. The van der Waals surface area contributed by atoms with Crippen LogP contribution in [0.5, 0.6) is 0 Å². The van der Waals surface area contributed by atoms with Crippen molar-refractivity contribution in [2.24, 2.45) is 5.10 Å². The number of hydrazone groups is 1. The number of nitrogens with zero attached hydrogens (tertiary/aromatic N) is 1. The van der Waals surface area contributed by atoms with Gasteiger partial charge in [-0.3, -0.25) is 0 Å². The molecule has 0 radical (unpaired) electrons. The first-order chi connectivity index (χ1) is 8.49. The van der Waals surface area contributed by atoms with Crippen molar-refractivity contribution in [3.05, 3.63) is 42.5 Å².